The standard InChI is InChI=1S/C98H64B2N4S2/c1-7-31-65(32-8-1)75-43-23-27-51-85(75)104(86-52-28-24-44-76(86)66-33-9-2-10-34-66)74-60-90-98-94(62-74)106-92-64-91-83(99-81-49-25-29-53-87(81)102(71-41-17-6-18-42-71)89-59-73(61-93(105-91)97(89)99)101(69-37-13-4-14-38-69)70-39-15-5-16-40-70)63-84(92)100(98)82-50-26-30-54-88(82)103(90)72-57-55-68(56-58-72)96-79-47-21-19-45-77(79)95(67-35-11-3-12-36-67)78-46-20-22-48-80(78)96/h1-64H. The molecule has 0 fully saturated rings. The molecule has 4 nitrogen and oxygen atoms in total. The van der Waals surface area contributed by atoms with E-state index in [0.29, 0.717) is 0 Å². The SMILES string of the molecule is c1ccc(-c2ccccc2N(c2cc3c4c(c2)N(c2ccc(-c5c6ccccc6c(-c6ccccc6)c6ccccc56)cc2)c2ccccc2B4c2cc4c(cc2S3)Sc2cc(N(c3ccccc3)c3ccccc3)cc3c2B4c2ccccc2N3c2ccccc2)c2ccccc2-c2ccccc2)cc1. The van der Waals surface area contributed by atoms with Gasteiger partial charge < -0.3 is 19.6 Å². The summed E-state index contributed by atoms with van der Waals surface area (Å²) >= 11 is 3.85. The summed E-state index contributed by atoms with van der Waals surface area (Å²) in [5.74, 6) is 0. The average Bonchev–Trinajstić information content (AvgIpc) is 0.726. The molecule has 21 rings (SSSR count). The number of fused-ring (bicyclic) bond motifs is 10. The van der Waals surface area contributed by atoms with Gasteiger partial charge in [-0.3, -0.25) is 0 Å². The maximum absolute atomic E-state index is 2.65. The van der Waals surface area contributed by atoms with Gasteiger partial charge in [-0.2, -0.15) is 0 Å². The molecule has 0 bridgehead atoms. The third-order valence-electron chi connectivity index (χ3n) is 21.9. The third-order valence-corrected chi connectivity index (χ3v) is 24.1. The maximum Gasteiger partial charge on any atom is 0.249 e. The van der Waals surface area contributed by atoms with Crippen molar-refractivity contribution in [3.63, 3.8) is 0 Å². The van der Waals surface area contributed by atoms with Crippen molar-refractivity contribution in [1.82, 2.24) is 0 Å². The van der Waals surface area contributed by atoms with Crippen molar-refractivity contribution in [3.8, 4) is 44.5 Å². The topological polar surface area (TPSA) is 13.0 Å². The Morgan fingerprint density at radius 1 is 0.226 bits per heavy atom. The lowest BCUT2D eigenvalue weighted by Crippen LogP contribution is -2.63. The Bertz CT molecular complexity index is 6130. The van der Waals surface area contributed by atoms with E-state index in [1.54, 1.807) is 0 Å². The first-order valence-corrected chi connectivity index (χ1v) is 38.1. The molecule has 4 aliphatic heterocycles. The van der Waals surface area contributed by atoms with Crippen LogP contribution in [0.3, 0.4) is 0 Å². The number of rotatable bonds is 12. The van der Waals surface area contributed by atoms with E-state index in [0.717, 1.165) is 79.1 Å². The minimum Gasteiger partial charge on any atom is -0.311 e. The molecule has 0 atom stereocenters. The monoisotopic (exact) mass is 1380 g/mol. The predicted octanol–water partition coefficient (Wildman–Crippen LogP) is 23.1. The Morgan fingerprint density at radius 3 is 1.03 bits per heavy atom. The molecule has 0 amide bonds. The highest BCUT2D eigenvalue weighted by Gasteiger charge is 2.46. The van der Waals surface area contributed by atoms with Crippen LogP contribution in [0.5, 0.6) is 0 Å². The lowest BCUT2D eigenvalue weighted by atomic mass is 9.32. The van der Waals surface area contributed by atoms with Crippen molar-refractivity contribution >= 4 is 160 Å². The van der Waals surface area contributed by atoms with Gasteiger partial charge in [-0.15, -0.1) is 0 Å². The second-order valence-electron chi connectivity index (χ2n) is 27.7. The van der Waals surface area contributed by atoms with Gasteiger partial charge in [-0.1, -0.05) is 320 Å². The molecular formula is C98H64B2N4S2. The highest BCUT2D eigenvalue weighted by Crippen LogP contribution is 2.53. The Hall–Kier alpha value is -12.7. The molecule has 17 aromatic rings. The van der Waals surface area contributed by atoms with Crippen LogP contribution >= 0.6 is 23.5 Å². The molecule has 0 unspecified atom stereocenters. The highest BCUT2D eigenvalue weighted by atomic mass is 32.2. The molecule has 8 heteroatoms. The molecule has 0 spiro atoms. The molecule has 17 aromatic carbocycles. The average molecular weight is 1380 g/mol. The van der Waals surface area contributed by atoms with Gasteiger partial charge in [0, 0.05) is 87.6 Å². The Kier molecular flexibility index (Phi) is 15.0. The van der Waals surface area contributed by atoms with Gasteiger partial charge >= 0.3 is 0 Å². The number of hydrogen-bond donors (Lipinski definition) is 0. The fourth-order valence-electron chi connectivity index (χ4n) is 17.5. The lowest BCUT2D eigenvalue weighted by Gasteiger charge is -2.43. The summed E-state index contributed by atoms with van der Waals surface area (Å²) < 4.78 is 0. The minimum absolute atomic E-state index is 0.0625. The summed E-state index contributed by atoms with van der Waals surface area (Å²) in [6, 6.07) is 144. The van der Waals surface area contributed by atoms with Crippen LogP contribution in [-0.4, -0.2) is 13.4 Å². The Morgan fingerprint density at radius 2 is 0.575 bits per heavy atom. The summed E-state index contributed by atoms with van der Waals surface area (Å²) in [7, 11) is 0. The van der Waals surface area contributed by atoms with Gasteiger partial charge in [0.1, 0.15) is 0 Å². The second kappa shape index (κ2) is 25.6. The van der Waals surface area contributed by atoms with Crippen molar-refractivity contribution in [2.75, 3.05) is 19.6 Å². The van der Waals surface area contributed by atoms with Gasteiger partial charge in [0.2, 0.25) is 13.4 Å². The number of para-hydroxylation sites is 7. The van der Waals surface area contributed by atoms with Crippen molar-refractivity contribution in [1.29, 1.82) is 0 Å². The molecule has 0 radical (unpaired) electrons. The zero-order valence-electron chi connectivity index (χ0n) is 57.7. The normalized spacial score (nSPS) is 12.8. The summed E-state index contributed by atoms with van der Waals surface area (Å²) in [6.07, 6.45) is 0. The Labute approximate surface area is 627 Å². The molecule has 0 N–H and O–H groups in total. The van der Waals surface area contributed by atoms with Gasteiger partial charge in [0.05, 0.1) is 11.4 Å². The smallest absolute Gasteiger partial charge is 0.249 e. The molecule has 0 saturated heterocycles. The van der Waals surface area contributed by atoms with Gasteiger partial charge in [0.25, 0.3) is 0 Å². The predicted molar refractivity (Wildman–Crippen MR) is 452 cm³/mol. The third kappa shape index (κ3) is 10.1. The molecule has 0 aliphatic carbocycles. The first-order chi connectivity index (χ1) is 52.6. The summed E-state index contributed by atoms with van der Waals surface area (Å²) in [5.41, 5.74) is 30.8. The van der Waals surface area contributed by atoms with E-state index in [-0.39, 0.29) is 13.4 Å². The quantitative estimate of drug-likeness (QED) is 0.0887. The van der Waals surface area contributed by atoms with E-state index in [2.05, 4.69) is 408 Å². The molecule has 106 heavy (non-hydrogen) atoms. The molecular weight excluding hydrogens is 1320 g/mol. The zero-order valence-corrected chi connectivity index (χ0v) is 59.3. The van der Waals surface area contributed by atoms with Crippen molar-refractivity contribution in [2.24, 2.45) is 0 Å². The number of hydrogen-bond acceptors (Lipinski definition) is 6. The minimum atomic E-state index is -0.118. The van der Waals surface area contributed by atoms with E-state index in [9.17, 15) is 0 Å². The highest BCUT2D eigenvalue weighted by molar-refractivity contribution is 8.01. The van der Waals surface area contributed by atoms with Gasteiger partial charge in [0.15, 0.2) is 0 Å². The van der Waals surface area contributed by atoms with E-state index in [1.165, 1.54) is 108 Å². The van der Waals surface area contributed by atoms with Crippen molar-refractivity contribution < 1.29 is 0 Å². The van der Waals surface area contributed by atoms with Gasteiger partial charge in [-0.25, -0.2) is 0 Å². The van der Waals surface area contributed by atoms with E-state index in [4.69, 9.17) is 0 Å². The van der Waals surface area contributed by atoms with Crippen LogP contribution in [0.25, 0.3) is 66.1 Å². The molecule has 0 saturated carbocycles. The number of benzene rings is 17. The fraction of sp³-hybridized carbons (Fsp3) is 0. The lowest BCUT2D eigenvalue weighted by molar-refractivity contribution is 1.22. The molecule has 4 heterocycles. The first-order valence-electron chi connectivity index (χ1n) is 36.4. The van der Waals surface area contributed by atoms with Crippen LogP contribution in [0, 0.1) is 0 Å². The summed E-state index contributed by atoms with van der Waals surface area (Å²) in [4.78, 5) is 15.1. The van der Waals surface area contributed by atoms with Crippen LogP contribution < -0.4 is 52.4 Å². The van der Waals surface area contributed by atoms with Crippen molar-refractivity contribution in [2.45, 2.75) is 19.6 Å². The number of nitrogens with zero attached hydrogens (tertiary/aromatic N) is 4. The van der Waals surface area contributed by atoms with E-state index in [1.807, 2.05) is 23.5 Å². The maximum atomic E-state index is 2.65. The van der Waals surface area contributed by atoms with Crippen molar-refractivity contribution in [3.05, 3.63) is 388 Å². The zero-order chi connectivity index (χ0) is 69.8. The number of anilines is 12. The van der Waals surface area contributed by atoms with Crippen LogP contribution in [0.2, 0.25) is 0 Å². The van der Waals surface area contributed by atoms with Crippen LogP contribution in [0.1, 0.15) is 0 Å². The van der Waals surface area contributed by atoms with Gasteiger partial charge in [-0.05, 0) is 180 Å². The van der Waals surface area contributed by atoms with Crippen LogP contribution in [0.4, 0.5) is 68.2 Å². The first kappa shape index (κ1) is 61.9. The summed E-state index contributed by atoms with van der Waals surface area (Å²) in [5, 5.41) is 4.95. The Balaban J connectivity index is 0.795. The van der Waals surface area contributed by atoms with Crippen LogP contribution in [-0.2, 0) is 0 Å². The summed E-state index contributed by atoms with van der Waals surface area (Å²) in [6.45, 7) is -0.180. The largest absolute Gasteiger partial charge is 0.311 e. The molecule has 4 aliphatic rings. The van der Waals surface area contributed by atoms with E-state index < -0.39 is 0 Å². The molecule has 0 aromatic heterocycles. The van der Waals surface area contributed by atoms with Crippen LogP contribution in [0.15, 0.2) is 408 Å². The molecule has 494 valence electrons. The fourth-order valence-corrected chi connectivity index (χ4v) is 20.0. The van der Waals surface area contributed by atoms with E-state index >= 15 is 0 Å². The second-order valence-corrected chi connectivity index (χ2v) is 29.9.